The Morgan fingerprint density at radius 3 is 2.60 bits per heavy atom. The lowest BCUT2D eigenvalue weighted by Crippen LogP contribution is -2.45. The van der Waals surface area contributed by atoms with Gasteiger partial charge >= 0.3 is 6.09 Å². The number of amides is 1. The number of carbonyl (C=O) groups is 1. The summed E-state index contributed by atoms with van der Waals surface area (Å²) in [6.45, 7) is 5.19. The number of benzene rings is 1. The molecule has 2 unspecified atom stereocenters. The van der Waals surface area contributed by atoms with Crippen LogP contribution < -0.4 is 5.73 Å². The van der Waals surface area contributed by atoms with Crippen LogP contribution in [-0.2, 0) is 4.74 Å². The summed E-state index contributed by atoms with van der Waals surface area (Å²) in [6.07, 6.45) is -2.37. The number of nitrogens with zero attached hydrogens (tertiary/aromatic N) is 1. The molecule has 1 aromatic carbocycles. The van der Waals surface area contributed by atoms with Gasteiger partial charge in [0.1, 0.15) is 11.8 Å². The monoisotopic (exact) mass is 416 g/mol. The Bertz CT molecular complexity index is 591. The van der Waals surface area contributed by atoms with Crippen LogP contribution in [-0.4, -0.2) is 46.6 Å². The van der Waals surface area contributed by atoms with Gasteiger partial charge in [0.15, 0.2) is 0 Å². The normalized spacial score (nSPS) is 23.4. The second kappa shape index (κ2) is 8.01. The quantitative estimate of drug-likeness (QED) is 0.786. The number of hydrogen-bond acceptors (Lipinski definition) is 4. The lowest BCUT2D eigenvalue weighted by molar-refractivity contribution is 0.00261. The fourth-order valence-corrected chi connectivity index (χ4v) is 3.24. The first-order valence-electron chi connectivity index (χ1n) is 8.39. The maximum absolute atomic E-state index is 13.9. The summed E-state index contributed by atoms with van der Waals surface area (Å²) in [6, 6.07) is 6.47. The van der Waals surface area contributed by atoms with Crippen molar-refractivity contribution in [2.75, 3.05) is 6.54 Å². The number of alkyl halides is 1. The minimum Gasteiger partial charge on any atom is -0.444 e. The Labute approximate surface area is 156 Å². The van der Waals surface area contributed by atoms with Gasteiger partial charge in [-0.25, -0.2) is 9.18 Å². The molecule has 2 rings (SSSR count). The van der Waals surface area contributed by atoms with Crippen molar-refractivity contribution in [1.29, 1.82) is 0 Å². The molecule has 1 amide bonds. The Morgan fingerprint density at radius 2 is 2.04 bits per heavy atom. The fraction of sp³-hybridized carbons (Fsp3) is 0.611. The molecule has 1 heterocycles. The molecule has 1 aliphatic heterocycles. The SMILES string of the molecule is CC(C)(C)OC(=O)N1C[C@@H](F)C[C@H]1C(O)CC(N)c1ccc(Br)cc1. The minimum absolute atomic E-state index is 0.0653. The average Bonchev–Trinajstić information content (AvgIpc) is 2.88. The van der Waals surface area contributed by atoms with Crippen LogP contribution in [0, 0.1) is 0 Å². The molecule has 1 saturated heterocycles. The summed E-state index contributed by atoms with van der Waals surface area (Å²) in [5.74, 6) is 0. The van der Waals surface area contributed by atoms with Gasteiger partial charge in [0.05, 0.1) is 18.7 Å². The van der Waals surface area contributed by atoms with Crippen molar-refractivity contribution in [3.8, 4) is 0 Å². The molecule has 7 heteroatoms. The van der Waals surface area contributed by atoms with Crippen LogP contribution in [0.25, 0.3) is 0 Å². The molecule has 0 bridgehead atoms. The molecule has 0 spiro atoms. The third-order valence-electron chi connectivity index (χ3n) is 4.16. The highest BCUT2D eigenvalue weighted by molar-refractivity contribution is 9.10. The lowest BCUT2D eigenvalue weighted by atomic mass is 9.96. The standard InChI is InChI=1S/C18H26BrFN2O3/c1-18(2,3)25-17(24)22-10-13(20)8-15(22)16(23)9-14(21)11-4-6-12(19)7-5-11/h4-7,13-16,23H,8-10,21H2,1-3H3/t13-,14?,15-,16?/m0/s1. The molecule has 3 N–H and O–H groups in total. The minimum atomic E-state index is -1.17. The number of ether oxygens (including phenoxy) is 1. The number of carbonyl (C=O) groups excluding carboxylic acids is 1. The van der Waals surface area contributed by atoms with Gasteiger partial charge in [-0.2, -0.15) is 0 Å². The molecular formula is C18H26BrFN2O3. The topological polar surface area (TPSA) is 75.8 Å². The van der Waals surface area contributed by atoms with Gasteiger partial charge in [-0.05, 0) is 44.9 Å². The Kier molecular flexibility index (Phi) is 6.45. The van der Waals surface area contributed by atoms with E-state index in [9.17, 15) is 14.3 Å². The molecule has 140 valence electrons. The summed E-state index contributed by atoms with van der Waals surface area (Å²) in [7, 11) is 0. The summed E-state index contributed by atoms with van der Waals surface area (Å²) in [4.78, 5) is 13.6. The first-order chi connectivity index (χ1) is 11.6. The van der Waals surface area contributed by atoms with Crippen molar-refractivity contribution in [2.24, 2.45) is 5.73 Å². The van der Waals surface area contributed by atoms with Crippen LogP contribution in [0.3, 0.4) is 0 Å². The van der Waals surface area contributed by atoms with Crippen molar-refractivity contribution >= 4 is 22.0 Å². The van der Waals surface area contributed by atoms with E-state index in [0.29, 0.717) is 0 Å². The van der Waals surface area contributed by atoms with Crippen LogP contribution in [0.5, 0.6) is 0 Å². The molecule has 25 heavy (non-hydrogen) atoms. The zero-order valence-corrected chi connectivity index (χ0v) is 16.4. The zero-order valence-electron chi connectivity index (χ0n) is 14.8. The van der Waals surface area contributed by atoms with Gasteiger partial charge in [0.25, 0.3) is 0 Å². The smallest absolute Gasteiger partial charge is 0.410 e. The highest BCUT2D eigenvalue weighted by Crippen LogP contribution is 2.29. The summed E-state index contributed by atoms with van der Waals surface area (Å²) in [5, 5.41) is 10.6. The Hall–Kier alpha value is -1.18. The molecule has 0 aromatic heterocycles. The molecule has 0 saturated carbocycles. The molecule has 1 fully saturated rings. The van der Waals surface area contributed by atoms with E-state index in [0.717, 1.165) is 10.0 Å². The van der Waals surface area contributed by atoms with E-state index in [1.54, 1.807) is 20.8 Å². The second-order valence-electron chi connectivity index (χ2n) is 7.49. The van der Waals surface area contributed by atoms with Crippen LogP contribution >= 0.6 is 15.9 Å². The van der Waals surface area contributed by atoms with Gasteiger partial charge in [0, 0.05) is 16.9 Å². The number of nitrogens with two attached hydrogens (primary N) is 1. The average molecular weight is 417 g/mol. The fourth-order valence-electron chi connectivity index (χ4n) is 2.97. The van der Waals surface area contributed by atoms with E-state index in [2.05, 4.69) is 15.9 Å². The van der Waals surface area contributed by atoms with Crippen molar-refractivity contribution in [1.82, 2.24) is 4.90 Å². The number of hydrogen-bond donors (Lipinski definition) is 2. The van der Waals surface area contributed by atoms with E-state index in [-0.39, 0.29) is 19.4 Å². The van der Waals surface area contributed by atoms with Gasteiger partial charge in [0.2, 0.25) is 0 Å². The van der Waals surface area contributed by atoms with Crippen molar-refractivity contribution < 1.29 is 19.0 Å². The van der Waals surface area contributed by atoms with Crippen LogP contribution in [0.1, 0.15) is 45.2 Å². The summed E-state index contributed by atoms with van der Waals surface area (Å²) in [5.41, 5.74) is 6.37. The number of likely N-dealkylation sites (tertiary alicyclic amines) is 1. The third-order valence-corrected chi connectivity index (χ3v) is 4.69. The molecule has 4 atom stereocenters. The maximum atomic E-state index is 13.9. The number of aliphatic hydroxyl groups is 1. The molecule has 1 aromatic rings. The maximum Gasteiger partial charge on any atom is 0.410 e. The largest absolute Gasteiger partial charge is 0.444 e. The van der Waals surface area contributed by atoms with E-state index in [1.807, 2.05) is 24.3 Å². The van der Waals surface area contributed by atoms with E-state index in [1.165, 1.54) is 4.90 Å². The zero-order chi connectivity index (χ0) is 18.8. The van der Waals surface area contributed by atoms with Crippen molar-refractivity contribution in [3.63, 3.8) is 0 Å². The highest BCUT2D eigenvalue weighted by atomic mass is 79.9. The summed E-state index contributed by atoms with van der Waals surface area (Å²) >= 11 is 3.36. The lowest BCUT2D eigenvalue weighted by Gasteiger charge is -2.31. The molecular weight excluding hydrogens is 391 g/mol. The second-order valence-corrected chi connectivity index (χ2v) is 8.41. The van der Waals surface area contributed by atoms with Crippen molar-refractivity contribution in [2.45, 2.75) is 63.6 Å². The molecule has 0 aliphatic carbocycles. The molecule has 1 aliphatic rings. The predicted molar refractivity (Wildman–Crippen MR) is 97.9 cm³/mol. The van der Waals surface area contributed by atoms with Crippen molar-refractivity contribution in [3.05, 3.63) is 34.3 Å². The summed E-state index contributed by atoms with van der Waals surface area (Å²) < 4.78 is 20.2. The first-order valence-corrected chi connectivity index (χ1v) is 9.19. The van der Waals surface area contributed by atoms with E-state index in [4.69, 9.17) is 10.5 Å². The van der Waals surface area contributed by atoms with E-state index >= 15 is 0 Å². The van der Waals surface area contributed by atoms with Gasteiger partial charge in [-0.1, -0.05) is 28.1 Å². The molecule has 0 radical (unpaired) electrons. The van der Waals surface area contributed by atoms with Crippen LogP contribution in [0.4, 0.5) is 9.18 Å². The first kappa shape index (κ1) is 20.1. The predicted octanol–water partition coefficient (Wildman–Crippen LogP) is 3.55. The van der Waals surface area contributed by atoms with Crippen LogP contribution in [0.2, 0.25) is 0 Å². The van der Waals surface area contributed by atoms with E-state index < -0.39 is 36.1 Å². The van der Waals surface area contributed by atoms with Gasteiger partial charge in [-0.3, -0.25) is 4.90 Å². The van der Waals surface area contributed by atoms with Gasteiger partial charge in [-0.15, -0.1) is 0 Å². The Balaban J connectivity index is 2.03. The molecule has 5 nitrogen and oxygen atoms in total. The Morgan fingerprint density at radius 1 is 1.44 bits per heavy atom. The highest BCUT2D eigenvalue weighted by Gasteiger charge is 2.41. The third kappa shape index (κ3) is 5.66. The number of rotatable bonds is 4. The number of halogens is 2. The van der Waals surface area contributed by atoms with Gasteiger partial charge < -0.3 is 15.6 Å². The number of aliphatic hydroxyl groups excluding tert-OH is 1. The van der Waals surface area contributed by atoms with Crippen LogP contribution in [0.15, 0.2) is 28.7 Å².